The molecule has 0 aromatic heterocycles. The Morgan fingerprint density at radius 1 is 1.12 bits per heavy atom. The molecule has 2 aromatic rings. The van der Waals surface area contributed by atoms with E-state index in [0.717, 1.165) is 24.8 Å². The van der Waals surface area contributed by atoms with Crippen molar-refractivity contribution < 1.29 is 23.5 Å². The topological polar surface area (TPSA) is 69.9 Å². The van der Waals surface area contributed by atoms with Crippen molar-refractivity contribution in [3.05, 3.63) is 64.7 Å². The van der Waals surface area contributed by atoms with Gasteiger partial charge in [-0.15, -0.1) is 0 Å². The zero-order valence-corrected chi connectivity index (χ0v) is 24.9. The maximum atomic E-state index is 15.0. The highest BCUT2D eigenvalue weighted by molar-refractivity contribution is 5.83. The van der Waals surface area contributed by atoms with Gasteiger partial charge in [-0.1, -0.05) is 31.2 Å². The van der Waals surface area contributed by atoms with Crippen molar-refractivity contribution in [1.29, 1.82) is 0 Å². The van der Waals surface area contributed by atoms with Gasteiger partial charge in [0.05, 0.1) is 13.4 Å². The second kappa shape index (κ2) is 16.0. The highest BCUT2D eigenvalue weighted by Crippen LogP contribution is 2.36. The molecule has 220 valence electrons. The summed E-state index contributed by atoms with van der Waals surface area (Å²) in [6, 6.07) is 7.92. The van der Waals surface area contributed by atoms with Crippen LogP contribution in [-0.2, 0) is 10.6 Å². The first-order valence-corrected chi connectivity index (χ1v) is 14.0. The fourth-order valence-corrected chi connectivity index (χ4v) is 4.57. The van der Waals surface area contributed by atoms with E-state index in [1.165, 1.54) is 25.3 Å². The number of halogens is 2. The van der Waals surface area contributed by atoms with Gasteiger partial charge in [0.2, 0.25) is 0 Å². The molecule has 7 nitrogen and oxygen atoms in total. The second-order valence-corrected chi connectivity index (χ2v) is 9.19. The molecule has 1 aliphatic rings. The molecule has 1 heterocycles. The number of rotatable bonds is 13. The van der Waals surface area contributed by atoms with Crippen LogP contribution in [0, 0.1) is 18.6 Å². The number of benzene rings is 2. The minimum Gasteiger partial charge on any atom is -0.494 e. The number of ether oxygens (including phenoxy) is 1. The molecule has 0 spiro atoms. The predicted molar refractivity (Wildman–Crippen MR) is 160 cm³/mol. The highest BCUT2D eigenvalue weighted by Gasteiger charge is 2.46. The van der Waals surface area contributed by atoms with Gasteiger partial charge in [0.25, 0.3) is 5.72 Å². The summed E-state index contributed by atoms with van der Waals surface area (Å²) in [7, 11) is 1.53. The minimum absolute atomic E-state index is 0.361. The van der Waals surface area contributed by atoms with Gasteiger partial charge in [-0.05, 0) is 88.4 Å². The maximum absolute atomic E-state index is 15.0. The van der Waals surface area contributed by atoms with Crippen molar-refractivity contribution in [2.75, 3.05) is 38.3 Å². The van der Waals surface area contributed by atoms with Crippen molar-refractivity contribution in [1.82, 2.24) is 4.90 Å². The standard InChI is InChI=1S/C29H38F2N4O3.C2H6/c1-6-32-20-34(7-2)28-26(31)16-23(17-27(28)37-5)12-10-8-9-11-13-35-22(4)33-38-29(35,19-36)24-14-21(3)15-25(30)18-24;1-2/h10,12,14-18,20,36H,6-9,11,13,19H2,1-5H3;1-2H3/b12-10-,32-20?;. The smallest absolute Gasteiger partial charge is 0.260 e. The molecule has 9 heteroatoms. The number of aliphatic imine (C=N–C) groups is 1. The number of hydrogen-bond donors (Lipinski definition) is 1. The monoisotopic (exact) mass is 558 g/mol. The van der Waals surface area contributed by atoms with E-state index < -0.39 is 5.72 Å². The van der Waals surface area contributed by atoms with Gasteiger partial charge in [0.15, 0.2) is 5.82 Å². The number of unbranched alkanes of at least 4 members (excludes halogenated alkanes) is 2. The molecule has 0 aliphatic carbocycles. The van der Waals surface area contributed by atoms with Crippen LogP contribution in [0.2, 0.25) is 0 Å². The summed E-state index contributed by atoms with van der Waals surface area (Å²) in [6.07, 6.45) is 7.92. The number of nitrogens with zero attached hydrogens (tertiary/aromatic N) is 4. The first-order chi connectivity index (χ1) is 19.3. The Balaban J connectivity index is 0.00000274. The molecule has 1 aliphatic heterocycles. The van der Waals surface area contributed by atoms with Gasteiger partial charge < -0.3 is 24.5 Å². The van der Waals surface area contributed by atoms with Gasteiger partial charge in [0.1, 0.15) is 29.7 Å². The number of allylic oxidation sites excluding steroid dienone is 1. The molecule has 0 amide bonds. The summed E-state index contributed by atoms with van der Waals surface area (Å²) in [5.41, 5.74) is 1.11. The number of methoxy groups -OCH3 is 1. The van der Waals surface area contributed by atoms with Crippen molar-refractivity contribution in [3.8, 4) is 5.75 Å². The van der Waals surface area contributed by atoms with Crippen LogP contribution in [0.4, 0.5) is 14.5 Å². The fourth-order valence-electron chi connectivity index (χ4n) is 4.57. The molecule has 3 rings (SSSR count). The van der Waals surface area contributed by atoms with E-state index in [4.69, 9.17) is 9.57 Å². The Kier molecular flexibility index (Phi) is 13.1. The predicted octanol–water partition coefficient (Wildman–Crippen LogP) is 6.88. The van der Waals surface area contributed by atoms with E-state index in [9.17, 15) is 9.50 Å². The SMILES string of the molecule is CC.CCN=CN(CC)c1c(F)cc(/C=C\CCCCN2C(C)=NOC2(CO)c2cc(C)cc(F)c2)cc1OC. The zero-order chi connectivity index (χ0) is 29.7. The lowest BCUT2D eigenvalue weighted by Gasteiger charge is -2.36. The summed E-state index contributed by atoms with van der Waals surface area (Å²) in [5, 5.41) is 14.3. The van der Waals surface area contributed by atoms with Gasteiger partial charge in [-0.2, -0.15) is 0 Å². The average molecular weight is 559 g/mol. The lowest BCUT2D eigenvalue weighted by Crippen LogP contribution is -2.48. The van der Waals surface area contributed by atoms with E-state index in [1.54, 1.807) is 24.2 Å². The maximum Gasteiger partial charge on any atom is 0.260 e. The Bertz CT molecular complexity index is 1170. The van der Waals surface area contributed by atoms with E-state index in [2.05, 4.69) is 10.1 Å². The van der Waals surface area contributed by atoms with Crippen LogP contribution in [0.15, 0.2) is 46.6 Å². The molecule has 0 saturated carbocycles. The van der Waals surface area contributed by atoms with Crippen LogP contribution in [0.25, 0.3) is 6.08 Å². The van der Waals surface area contributed by atoms with E-state index in [1.807, 2.05) is 57.7 Å². The summed E-state index contributed by atoms with van der Waals surface area (Å²) >= 11 is 0. The summed E-state index contributed by atoms with van der Waals surface area (Å²) in [4.78, 5) is 13.5. The molecule has 1 atom stereocenters. The lowest BCUT2D eigenvalue weighted by molar-refractivity contribution is -0.137. The van der Waals surface area contributed by atoms with Crippen LogP contribution in [0.1, 0.15) is 70.6 Å². The van der Waals surface area contributed by atoms with Gasteiger partial charge in [-0.3, -0.25) is 4.99 Å². The number of amidine groups is 1. The van der Waals surface area contributed by atoms with Gasteiger partial charge in [0, 0.05) is 25.2 Å². The van der Waals surface area contributed by atoms with Gasteiger partial charge in [-0.25, -0.2) is 8.78 Å². The molecule has 1 N–H and O–H groups in total. The Hall–Kier alpha value is -3.46. The normalized spacial score (nSPS) is 16.6. The van der Waals surface area contributed by atoms with Crippen LogP contribution in [0.3, 0.4) is 0 Å². The molecular formula is C31H44F2N4O3. The highest BCUT2D eigenvalue weighted by atomic mass is 19.1. The number of aliphatic hydroxyl groups excluding tert-OH is 1. The number of anilines is 1. The fraction of sp³-hybridized carbons (Fsp3) is 0.484. The molecule has 2 aromatic carbocycles. The second-order valence-electron chi connectivity index (χ2n) is 9.19. The zero-order valence-electron chi connectivity index (χ0n) is 24.9. The largest absolute Gasteiger partial charge is 0.494 e. The summed E-state index contributed by atoms with van der Waals surface area (Å²) in [6.45, 7) is 12.9. The Morgan fingerprint density at radius 2 is 1.88 bits per heavy atom. The van der Waals surface area contributed by atoms with E-state index in [-0.39, 0.29) is 18.2 Å². The third-order valence-electron chi connectivity index (χ3n) is 6.48. The summed E-state index contributed by atoms with van der Waals surface area (Å²) < 4.78 is 34.6. The molecular weight excluding hydrogens is 514 g/mol. The first kappa shape index (κ1) is 32.8. The van der Waals surface area contributed by atoms with Crippen molar-refractivity contribution in [2.45, 2.75) is 66.5 Å². The van der Waals surface area contributed by atoms with Crippen LogP contribution < -0.4 is 9.64 Å². The minimum atomic E-state index is -1.24. The number of aryl methyl sites for hydroxylation is 1. The van der Waals surface area contributed by atoms with Crippen molar-refractivity contribution in [2.24, 2.45) is 10.1 Å². The van der Waals surface area contributed by atoms with Crippen molar-refractivity contribution in [3.63, 3.8) is 0 Å². The van der Waals surface area contributed by atoms with Crippen LogP contribution >= 0.6 is 0 Å². The summed E-state index contributed by atoms with van der Waals surface area (Å²) in [5.74, 6) is 0.323. The number of hydrogen-bond acceptors (Lipinski definition) is 6. The Labute approximate surface area is 237 Å². The molecule has 0 fully saturated rings. The van der Waals surface area contributed by atoms with E-state index >= 15 is 4.39 Å². The molecule has 0 bridgehead atoms. The van der Waals surface area contributed by atoms with Gasteiger partial charge >= 0.3 is 0 Å². The molecule has 0 saturated heterocycles. The van der Waals surface area contributed by atoms with E-state index in [0.29, 0.717) is 48.0 Å². The molecule has 40 heavy (non-hydrogen) atoms. The third kappa shape index (κ3) is 7.81. The van der Waals surface area contributed by atoms with Crippen molar-refractivity contribution >= 4 is 23.9 Å². The molecule has 1 unspecified atom stereocenters. The number of oxime groups is 1. The first-order valence-electron chi connectivity index (χ1n) is 14.0. The average Bonchev–Trinajstić information content (AvgIpc) is 3.28. The van der Waals surface area contributed by atoms with Crippen LogP contribution in [0.5, 0.6) is 5.75 Å². The number of aliphatic hydroxyl groups is 1. The lowest BCUT2D eigenvalue weighted by atomic mass is 9.98. The molecule has 0 radical (unpaired) electrons. The quantitative estimate of drug-likeness (QED) is 0.165. The van der Waals surface area contributed by atoms with Crippen LogP contribution in [-0.4, -0.2) is 55.5 Å². The third-order valence-corrected chi connectivity index (χ3v) is 6.48. The Morgan fingerprint density at radius 3 is 2.50 bits per heavy atom.